The van der Waals surface area contributed by atoms with Gasteiger partial charge in [0.05, 0.1) is 18.2 Å². The van der Waals surface area contributed by atoms with Crippen LogP contribution in [0.25, 0.3) is 32.3 Å². The van der Waals surface area contributed by atoms with Crippen LogP contribution in [0.15, 0.2) is 54.6 Å². The number of halogens is 1. The molecule has 0 unspecified atom stereocenters. The van der Waals surface area contributed by atoms with Gasteiger partial charge in [-0.25, -0.2) is 0 Å². The molecule has 0 aromatic heterocycles. The minimum Gasteiger partial charge on any atom is -0.394 e. The maximum Gasteiger partial charge on any atom is 0.0713 e. The molecule has 2 atom stereocenters. The van der Waals surface area contributed by atoms with E-state index in [-0.39, 0.29) is 19.0 Å². The monoisotopic (exact) mass is 369 g/mol. The van der Waals surface area contributed by atoms with Crippen LogP contribution in [0, 0.1) is 0 Å². The Morgan fingerprint density at radius 2 is 1.50 bits per heavy atom. The molecule has 3 nitrogen and oxygen atoms in total. The maximum atomic E-state index is 9.96. The Kier molecular flexibility index (Phi) is 5.09. The number of nitrogens with one attached hydrogen (secondary N) is 1. The first-order chi connectivity index (χ1) is 12.0. The van der Waals surface area contributed by atoms with Crippen molar-refractivity contribution in [3.63, 3.8) is 0 Å². The molecule has 4 aromatic rings. The van der Waals surface area contributed by atoms with E-state index in [0.29, 0.717) is 6.54 Å². The highest BCUT2D eigenvalue weighted by atomic mass is 35.5. The molecule has 3 N–H and O–H groups in total. The zero-order valence-corrected chi connectivity index (χ0v) is 15.8. The van der Waals surface area contributed by atoms with Gasteiger partial charge >= 0.3 is 0 Å². The van der Waals surface area contributed by atoms with Gasteiger partial charge in [-0.3, -0.25) is 0 Å². The second-order valence-corrected chi connectivity index (χ2v) is 7.19. The van der Waals surface area contributed by atoms with E-state index in [1.807, 2.05) is 6.92 Å². The van der Waals surface area contributed by atoms with E-state index >= 15 is 0 Å². The van der Waals surface area contributed by atoms with Gasteiger partial charge in [0.15, 0.2) is 0 Å². The first kappa shape index (κ1) is 18.9. The van der Waals surface area contributed by atoms with Gasteiger partial charge in [-0.05, 0) is 51.7 Å². The maximum absolute atomic E-state index is 9.96. The Morgan fingerprint density at radius 1 is 0.923 bits per heavy atom. The third kappa shape index (κ3) is 2.91. The lowest BCUT2D eigenvalue weighted by Crippen LogP contribution is -2.53. The highest BCUT2D eigenvalue weighted by Crippen LogP contribution is 2.35. The van der Waals surface area contributed by atoms with E-state index in [1.54, 1.807) is 6.92 Å². The summed E-state index contributed by atoms with van der Waals surface area (Å²) >= 11 is 0. The van der Waals surface area contributed by atoms with Crippen LogP contribution >= 0.6 is 12.4 Å². The molecular formula is C22H24ClNO2. The predicted molar refractivity (Wildman–Crippen MR) is 111 cm³/mol. The van der Waals surface area contributed by atoms with Gasteiger partial charge in [-0.1, -0.05) is 54.6 Å². The van der Waals surface area contributed by atoms with Gasteiger partial charge in [0.1, 0.15) is 0 Å². The minimum absolute atomic E-state index is 0. The van der Waals surface area contributed by atoms with Crippen molar-refractivity contribution in [3.8, 4) is 0 Å². The largest absolute Gasteiger partial charge is 0.394 e. The summed E-state index contributed by atoms with van der Waals surface area (Å²) in [6.07, 6.45) is -0.641. The highest BCUT2D eigenvalue weighted by Gasteiger charge is 2.28. The average molecular weight is 370 g/mol. The molecule has 0 bridgehead atoms. The van der Waals surface area contributed by atoms with Crippen molar-refractivity contribution in [3.05, 3.63) is 60.2 Å². The number of rotatable bonds is 5. The average Bonchev–Trinajstić information content (AvgIpc) is 2.64. The second kappa shape index (κ2) is 7.01. The highest BCUT2D eigenvalue weighted by molar-refractivity contribution is 6.23. The lowest BCUT2D eigenvalue weighted by atomic mass is 9.91. The molecule has 4 aromatic carbocycles. The van der Waals surface area contributed by atoms with Gasteiger partial charge in [0.25, 0.3) is 0 Å². The van der Waals surface area contributed by atoms with Gasteiger partial charge in [-0.15, -0.1) is 12.4 Å². The fraction of sp³-hybridized carbons (Fsp3) is 0.273. The van der Waals surface area contributed by atoms with Crippen molar-refractivity contribution in [2.75, 3.05) is 6.61 Å². The molecule has 0 aliphatic rings. The van der Waals surface area contributed by atoms with Crippen molar-refractivity contribution in [2.24, 2.45) is 0 Å². The summed E-state index contributed by atoms with van der Waals surface area (Å²) in [5, 5.41) is 30.5. The normalized spacial score (nSPS) is 15.2. The van der Waals surface area contributed by atoms with Crippen LogP contribution in [0.3, 0.4) is 0 Å². The van der Waals surface area contributed by atoms with Gasteiger partial charge in [0, 0.05) is 6.54 Å². The molecular weight excluding hydrogens is 346 g/mol. The molecule has 0 aliphatic carbocycles. The zero-order chi connectivity index (χ0) is 17.6. The molecule has 0 spiro atoms. The fourth-order valence-electron chi connectivity index (χ4n) is 3.58. The number of hydrogen-bond acceptors (Lipinski definition) is 3. The van der Waals surface area contributed by atoms with E-state index in [9.17, 15) is 10.2 Å². The van der Waals surface area contributed by atoms with Crippen molar-refractivity contribution in [2.45, 2.75) is 32.0 Å². The second-order valence-electron chi connectivity index (χ2n) is 7.19. The summed E-state index contributed by atoms with van der Waals surface area (Å²) in [5.74, 6) is 0. The quantitative estimate of drug-likeness (QED) is 0.461. The van der Waals surface area contributed by atoms with E-state index in [4.69, 9.17) is 0 Å². The Labute approximate surface area is 159 Å². The van der Waals surface area contributed by atoms with E-state index in [2.05, 4.69) is 59.9 Å². The van der Waals surface area contributed by atoms with Crippen LogP contribution < -0.4 is 5.32 Å². The minimum atomic E-state index is -0.718. The van der Waals surface area contributed by atoms with Crippen molar-refractivity contribution in [1.82, 2.24) is 5.32 Å². The first-order valence-electron chi connectivity index (χ1n) is 8.73. The lowest BCUT2D eigenvalue weighted by Gasteiger charge is -2.32. The molecule has 0 saturated heterocycles. The van der Waals surface area contributed by atoms with Crippen LogP contribution in [0.2, 0.25) is 0 Å². The Balaban J connectivity index is 0.00000196. The molecule has 0 heterocycles. The Morgan fingerprint density at radius 3 is 2.12 bits per heavy atom. The number of benzene rings is 4. The van der Waals surface area contributed by atoms with Crippen LogP contribution in [0.4, 0.5) is 0 Å². The van der Waals surface area contributed by atoms with Gasteiger partial charge < -0.3 is 15.5 Å². The third-order valence-corrected chi connectivity index (χ3v) is 5.55. The van der Waals surface area contributed by atoms with Crippen LogP contribution in [-0.2, 0) is 6.54 Å². The summed E-state index contributed by atoms with van der Waals surface area (Å²) < 4.78 is 0. The molecule has 0 fully saturated rings. The molecule has 0 radical (unpaired) electrons. The number of aliphatic hydroxyl groups is 2. The third-order valence-electron chi connectivity index (χ3n) is 5.55. The molecule has 0 saturated carbocycles. The molecule has 4 heteroatoms. The van der Waals surface area contributed by atoms with Crippen LogP contribution in [0.1, 0.15) is 19.4 Å². The van der Waals surface area contributed by atoms with Crippen molar-refractivity contribution < 1.29 is 10.2 Å². The Bertz CT molecular complexity index is 1030. The summed E-state index contributed by atoms with van der Waals surface area (Å²) in [4.78, 5) is 0. The SMILES string of the molecule is C[C@H](O)[C@@](C)(CO)NCc1ccc2ccc3cccc4ccc1c2c34.Cl. The fourth-order valence-corrected chi connectivity index (χ4v) is 3.58. The summed E-state index contributed by atoms with van der Waals surface area (Å²) in [5.41, 5.74) is 0.454. The Hall–Kier alpha value is -1.91. The molecule has 26 heavy (non-hydrogen) atoms. The van der Waals surface area contributed by atoms with Crippen molar-refractivity contribution in [1.29, 1.82) is 0 Å². The molecule has 136 valence electrons. The lowest BCUT2D eigenvalue weighted by molar-refractivity contribution is 0.0404. The molecule has 0 amide bonds. The van der Waals surface area contributed by atoms with Crippen LogP contribution in [0.5, 0.6) is 0 Å². The zero-order valence-electron chi connectivity index (χ0n) is 15.0. The standard InChI is InChI=1S/C22H23NO2.ClH/c1-14(25)22(2,13-24)23-12-18-9-8-17-7-6-15-4-3-5-16-10-11-19(18)21(17)20(15)16;/h3-11,14,23-25H,12-13H2,1-2H3;1H/t14-,22+;/m0./s1. The summed E-state index contributed by atoms with van der Waals surface area (Å²) in [7, 11) is 0. The van der Waals surface area contributed by atoms with E-state index < -0.39 is 11.6 Å². The van der Waals surface area contributed by atoms with Gasteiger partial charge in [0.2, 0.25) is 0 Å². The summed E-state index contributed by atoms with van der Waals surface area (Å²) in [6, 6.07) is 19.4. The molecule has 0 aliphatic heterocycles. The van der Waals surface area contributed by atoms with Crippen LogP contribution in [-0.4, -0.2) is 28.5 Å². The first-order valence-corrected chi connectivity index (χ1v) is 8.73. The molecule has 4 rings (SSSR count). The predicted octanol–water partition coefficient (Wildman–Crippen LogP) is 4.23. The summed E-state index contributed by atoms with van der Waals surface area (Å²) in [6.45, 7) is 4.02. The van der Waals surface area contributed by atoms with E-state index in [0.717, 1.165) is 0 Å². The topological polar surface area (TPSA) is 52.5 Å². The number of hydrogen-bond donors (Lipinski definition) is 3. The van der Waals surface area contributed by atoms with Crippen molar-refractivity contribution >= 4 is 44.7 Å². The number of aliphatic hydroxyl groups excluding tert-OH is 2. The van der Waals surface area contributed by atoms with E-state index in [1.165, 1.54) is 37.9 Å². The van der Waals surface area contributed by atoms with Gasteiger partial charge in [-0.2, -0.15) is 0 Å². The smallest absolute Gasteiger partial charge is 0.0713 e.